The molecule has 0 aliphatic rings. The van der Waals surface area contributed by atoms with Crippen LogP contribution >= 0.6 is 0 Å². The van der Waals surface area contributed by atoms with Crippen molar-refractivity contribution in [1.82, 2.24) is 9.80 Å². The molecule has 21 heavy (non-hydrogen) atoms. The van der Waals surface area contributed by atoms with Crippen molar-refractivity contribution < 1.29 is 0 Å². The zero-order valence-electron chi connectivity index (χ0n) is 16.5. The summed E-state index contributed by atoms with van der Waals surface area (Å²) in [5.41, 5.74) is 0. The van der Waals surface area contributed by atoms with E-state index >= 15 is 0 Å². The molecule has 0 aromatic carbocycles. The quantitative estimate of drug-likeness (QED) is 0.527. The van der Waals surface area contributed by atoms with Gasteiger partial charge in [-0.15, -0.1) is 0 Å². The molecule has 0 aromatic rings. The molecule has 2 nitrogen and oxygen atoms in total. The molecule has 0 fully saturated rings. The lowest BCUT2D eigenvalue weighted by Gasteiger charge is -2.36. The first-order chi connectivity index (χ1) is 9.48. The van der Waals surface area contributed by atoms with E-state index in [2.05, 4.69) is 78.3 Å². The van der Waals surface area contributed by atoms with Crippen molar-refractivity contribution in [2.75, 3.05) is 13.1 Å². The van der Waals surface area contributed by atoms with Crippen LogP contribution < -0.4 is 0 Å². The fourth-order valence-corrected chi connectivity index (χ4v) is 5.19. The maximum Gasteiger partial charge on any atom is 0.0498 e. The summed E-state index contributed by atoms with van der Waals surface area (Å²) in [6.07, 6.45) is 0. The lowest BCUT2D eigenvalue weighted by atomic mass is 10.2. The van der Waals surface area contributed by atoms with Gasteiger partial charge in [0.05, 0.1) is 0 Å². The summed E-state index contributed by atoms with van der Waals surface area (Å²) >= 11 is 0. The Morgan fingerprint density at radius 3 is 1.00 bits per heavy atom. The monoisotopic (exact) mass is 314 g/mol. The number of nitrogens with zero attached hydrogens (tertiary/aromatic N) is 2. The molecule has 0 radical (unpaired) electrons. The molecule has 0 atom stereocenters. The van der Waals surface area contributed by atoms with Gasteiger partial charge < -0.3 is 0 Å². The summed E-state index contributed by atoms with van der Waals surface area (Å²) in [4.78, 5) is 5.30. The molecule has 0 heterocycles. The topological polar surface area (TPSA) is 6.48 Å². The number of rotatable bonds is 10. The van der Waals surface area contributed by atoms with Gasteiger partial charge in [-0.1, -0.05) is 13.1 Å². The second-order valence-electron chi connectivity index (χ2n) is 8.51. The summed E-state index contributed by atoms with van der Waals surface area (Å²) in [6, 6.07) is 5.51. The molecule has 0 aliphatic carbocycles. The van der Waals surface area contributed by atoms with E-state index < -0.39 is 8.07 Å². The minimum absolute atomic E-state index is 0.664. The van der Waals surface area contributed by atoms with Crippen LogP contribution in [-0.4, -0.2) is 55.1 Å². The van der Waals surface area contributed by atoms with Crippen LogP contribution in [0, 0.1) is 0 Å². The standard InChI is InChI=1S/C18H42N2Si/c1-15(2)19(16(3)4)11-13-21(9,10)14-12-20(17(5)6)18(7)8/h15-18H,11-14H2,1-10H3. The molecular formula is C18H42N2Si. The van der Waals surface area contributed by atoms with E-state index in [1.54, 1.807) is 0 Å². The van der Waals surface area contributed by atoms with Crippen molar-refractivity contribution in [1.29, 1.82) is 0 Å². The predicted octanol–water partition coefficient (Wildman–Crippen LogP) is 4.93. The van der Waals surface area contributed by atoms with Gasteiger partial charge in [-0.25, -0.2) is 0 Å². The van der Waals surface area contributed by atoms with Gasteiger partial charge in [0.25, 0.3) is 0 Å². The largest absolute Gasteiger partial charge is 0.299 e. The lowest BCUT2D eigenvalue weighted by Crippen LogP contribution is -2.44. The van der Waals surface area contributed by atoms with Gasteiger partial charge in [0.2, 0.25) is 0 Å². The highest BCUT2D eigenvalue weighted by Crippen LogP contribution is 2.20. The number of hydrogen-bond acceptors (Lipinski definition) is 2. The molecule has 0 N–H and O–H groups in total. The van der Waals surface area contributed by atoms with Crippen LogP contribution in [0.1, 0.15) is 55.4 Å². The Labute approximate surface area is 136 Å². The third-order valence-corrected chi connectivity index (χ3v) is 7.90. The van der Waals surface area contributed by atoms with Gasteiger partial charge in [-0.3, -0.25) is 9.80 Å². The SMILES string of the molecule is CC(C)N(CC[Si](C)(C)CCN(C(C)C)C(C)C)C(C)C. The highest BCUT2D eigenvalue weighted by molar-refractivity contribution is 6.77. The Morgan fingerprint density at radius 2 is 0.810 bits per heavy atom. The predicted molar refractivity (Wildman–Crippen MR) is 101 cm³/mol. The first kappa shape index (κ1) is 21.1. The van der Waals surface area contributed by atoms with Gasteiger partial charge in [-0.2, -0.15) is 0 Å². The van der Waals surface area contributed by atoms with Gasteiger partial charge >= 0.3 is 0 Å². The van der Waals surface area contributed by atoms with E-state index in [1.165, 1.54) is 25.2 Å². The normalized spacial score (nSPS) is 13.7. The molecule has 0 rings (SSSR count). The second-order valence-corrected chi connectivity index (χ2v) is 13.8. The molecule has 0 amide bonds. The molecule has 128 valence electrons. The van der Waals surface area contributed by atoms with Gasteiger partial charge in [0.1, 0.15) is 0 Å². The Morgan fingerprint density at radius 1 is 0.571 bits per heavy atom. The average Bonchev–Trinajstić information content (AvgIpc) is 2.26. The molecule has 0 saturated carbocycles. The third kappa shape index (κ3) is 8.37. The van der Waals surface area contributed by atoms with Crippen LogP contribution in [0.25, 0.3) is 0 Å². The molecular weight excluding hydrogens is 272 g/mol. The molecule has 0 spiro atoms. The maximum absolute atomic E-state index is 2.65. The Kier molecular flexibility index (Phi) is 9.38. The van der Waals surface area contributed by atoms with Crippen LogP contribution in [0.5, 0.6) is 0 Å². The van der Waals surface area contributed by atoms with Crippen LogP contribution in [0.2, 0.25) is 25.2 Å². The summed E-state index contributed by atoms with van der Waals surface area (Å²) in [5, 5.41) is 0. The number of hydrogen-bond donors (Lipinski definition) is 0. The second kappa shape index (κ2) is 9.31. The van der Waals surface area contributed by atoms with E-state index in [9.17, 15) is 0 Å². The van der Waals surface area contributed by atoms with Crippen LogP contribution in [-0.2, 0) is 0 Å². The van der Waals surface area contributed by atoms with Crippen molar-refractivity contribution in [2.24, 2.45) is 0 Å². The minimum atomic E-state index is -1.10. The zero-order valence-corrected chi connectivity index (χ0v) is 17.5. The summed E-state index contributed by atoms with van der Waals surface area (Å²) in [6.45, 7) is 26.3. The van der Waals surface area contributed by atoms with Crippen LogP contribution in [0.15, 0.2) is 0 Å². The molecule has 0 unspecified atom stereocenters. The van der Waals surface area contributed by atoms with Gasteiger partial charge in [0, 0.05) is 32.2 Å². The summed E-state index contributed by atoms with van der Waals surface area (Å²) < 4.78 is 0. The fraction of sp³-hybridized carbons (Fsp3) is 1.00. The summed E-state index contributed by atoms with van der Waals surface area (Å²) in [7, 11) is -1.10. The fourth-order valence-electron chi connectivity index (χ4n) is 3.21. The molecule has 0 bridgehead atoms. The average molecular weight is 315 g/mol. The van der Waals surface area contributed by atoms with Crippen molar-refractivity contribution in [3.63, 3.8) is 0 Å². The first-order valence-electron chi connectivity index (χ1n) is 8.99. The van der Waals surface area contributed by atoms with Gasteiger partial charge in [0.15, 0.2) is 0 Å². The van der Waals surface area contributed by atoms with E-state index in [1.807, 2.05) is 0 Å². The van der Waals surface area contributed by atoms with Crippen LogP contribution in [0.3, 0.4) is 0 Å². The van der Waals surface area contributed by atoms with Crippen LogP contribution in [0.4, 0.5) is 0 Å². The smallest absolute Gasteiger partial charge is 0.0498 e. The molecule has 3 heteroatoms. The maximum atomic E-state index is 2.65. The van der Waals surface area contributed by atoms with E-state index in [4.69, 9.17) is 0 Å². The zero-order chi connectivity index (χ0) is 16.8. The van der Waals surface area contributed by atoms with E-state index in [0.29, 0.717) is 24.2 Å². The highest BCUT2D eigenvalue weighted by atomic mass is 28.3. The third-order valence-electron chi connectivity index (χ3n) is 4.75. The van der Waals surface area contributed by atoms with Crippen molar-refractivity contribution >= 4 is 8.07 Å². The summed E-state index contributed by atoms with van der Waals surface area (Å²) in [5.74, 6) is 0. The van der Waals surface area contributed by atoms with E-state index in [0.717, 1.165) is 0 Å². The Balaban J connectivity index is 4.42. The molecule has 0 saturated heterocycles. The Hall–Kier alpha value is 0.137. The lowest BCUT2D eigenvalue weighted by molar-refractivity contribution is 0.181. The molecule has 0 aromatic heterocycles. The van der Waals surface area contributed by atoms with Crippen molar-refractivity contribution in [3.05, 3.63) is 0 Å². The molecule has 0 aliphatic heterocycles. The highest BCUT2D eigenvalue weighted by Gasteiger charge is 2.25. The van der Waals surface area contributed by atoms with E-state index in [-0.39, 0.29) is 0 Å². The first-order valence-corrected chi connectivity index (χ1v) is 12.4. The van der Waals surface area contributed by atoms with Gasteiger partial charge in [-0.05, 0) is 80.6 Å². The minimum Gasteiger partial charge on any atom is -0.299 e. The van der Waals surface area contributed by atoms with Crippen molar-refractivity contribution in [3.8, 4) is 0 Å². The Bertz CT molecular complexity index is 230. The van der Waals surface area contributed by atoms with Crippen molar-refractivity contribution in [2.45, 2.75) is 105 Å².